The molecular formula is C29H34N2O3. The van der Waals surface area contributed by atoms with Crippen LogP contribution in [0.4, 0.5) is 5.69 Å². The second-order valence-corrected chi connectivity index (χ2v) is 8.26. The highest BCUT2D eigenvalue weighted by atomic mass is 16.5. The second-order valence-electron chi connectivity index (χ2n) is 8.26. The van der Waals surface area contributed by atoms with Gasteiger partial charge in [-0.2, -0.15) is 0 Å². The Balaban J connectivity index is 1.60. The molecule has 34 heavy (non-hydrogen) atoms. The molecule has 1 N–H and O–H groups in total. The lowest BCUT2D eigenvalue weighted by Crippen LogP contribution is -2.33. The fourth-order valence-electron chi connectivity index (χ4n) is 3.80. The number of nitrogens with one attached hydrogen (secondary N) is 1. The summed E-state index contributed by atoms with van der Waals surface area (Å²) in [6.45, 7) is 7.54. The van der Waals surface area contributed by atoms with Crippen LogP contribution in [0.15, 0.2) is 78.9 Å². The van der Waals surface area contributed by atoms with Gasteiger partial charge < -0.3 is 15.0 Å². The number of anilines is 1. The monoisotopic (exact) mass is 458 g/mol. The maximum absolute atomic E-state index is 12.8. The molecule has 5 heteroatoms. The summed E-state index contributed by atoms with van der Waals surface area (Å²) in [5.41, 5.74) is 3.49. The molecule has 0 aliphatic heterocycles. The average molecular weight is 459 g/mol. The van der Waals surface area contributed by atoms with Crippen LogP contribution in [0.1, 0.15) is 50.4 Å². The van der Waals surface area contributed by atoms with E-state index < -0.39 is 6.10 Å². The lowest BCUT2D eigenvalue weighted by molar-refractivity contribution is -0.122. The van der Waals surface area contributed by atoms with Crippen molar-refractivity contribution >= 4 is 17.5 Å². The molecule has 0 heterocycles. The SMILES string of the molecule is CCCN(CCC)C(=O)c1ccc(NC(=O)C(CC)Oc2ccc(-c3ccccc3)cc2)cc1. The van der Waals surface area contributed by atoms with Crippen molar-refractivity contribution in [1.29, 1.82) is 0 Å². The molecule has 2 amide bonds. The number of carbonyl (C=O) groups is 2. The number of rotatable bonds is 11. The van der Waals surface area contributed by atoms with Crippen molar-refractivity contribution in [2.45, 2.75) is 46.1 Å². The van der Waals surface area contributed by atoms with E-state index in [9.17, 15) is 9.59 Å². The smallest absolute Gasteiger partial charge is 0.265 e. The lowest BCUT2D eigenvalue weighted by Gasteiger charge is -2.21. The van der Waals surface area contributed by atoms with Crippen LogP contribution in [0.5, 0.6) is 5.75 Å². The molecule has 0 fully saturated rings. The van der Waals surface area contributed by atoms with Gasteiger partial charge in [-0.3, -0.25) is 9.59 Å². The Morgan fingerprint density at radius 2 is 1.38 bits per heavy atom. The van der Waals surface area contributed by atoms with Crippen LogP contribution in [0, 0.1) is 0 Å². The third-order valence-electron chi connectivity index (χ3n) is 5.58. The van der Waals surface area contributed by atoms with Crippen LogP contribution in [-0.4, -0.2) is 35.9 Å². The van der Waals surface area contributed by atoms with E-state index in [2.05, 4.69) is 31.3 Å². The van der Waals surface area contributed by atoms with E-state index in [1.54, 1.807) is 24.3 Å². The van der Waals surface area contributed by atoms with Gasteiger partial charge >= 0.3 is 0 Å². The number of benzene rings is 3. The standard InChI is InChI=1S/C29H34N2O3/c1-4-20-31(21-5-2)29(33)24-12-16-25(17-13-24)30-28(32)27(6-3)34-26-18-14-23(15-19-26)22-10-8-7-9-11-22/h7-19,27H,4-6,20-21H2,1-3H3,(H,30,32). The van der Waals surface area contributed by atoms with Gasteiger partial charge in [0.15, 0.2) is 6.10 Å². The number of hydrogen-bond donors (Lipinski definition) is 1. The van der Waals surface area contributed by atoms with Gasteiger partial charge in [0.1, 0.15) is 5.75 Å². The van der Waals surface area contributed by atoms with Crippen molar-refractivity contribution in [1.82, 2.24) is 4.90 Å². The summed E-state index contributed by atoms with van der Waals surface area (Å²) in [4.78, 5) is 27.4. The Morgan fingerprint density at radius 1 is 0.794 bits per heavy atom. The summed E-state index contributed by atoms with van der Waals surface area (Å²) < 4.78 is 5.96. The van der Waals surface area contributed by atoms with E-state index in [4.69, 9.17) is 4.74 Å². The maximum atomic E-state index is 12.8. The van der Waals surface area contributed by atoms with Crippen molar-refractivity contribution < 1.29 is 14.3 Å². The van der Waals surface area contributed by atoms with Crippen molar-refractivity contribution in [2.24, 2.45) is 0 Å². The Morgan fingerprint density at radius 3 is 1.94 bits per heavy atom. The summed E-state index contributed by atoms with van der Waals surface area (Å²) in [6, 6.07) is 24.9. The molecule has 0 radical (unpaired) electrons. The number of hydrogen-bond acceptors (Lipinski definition) is 3. The fourth-order valence-corrected chi connectivity index (χ4v) is 3.80. The molecule has 178 valence electrons. The van der Waals surface area contributed by atoms with Gasteiger partial charge in [-0.25, -0.2) is 0 Å². The molecule has 5 nitrogen and oxygen atoms in total. The average Bonchev–Trinajstić information content (AvgIpc) is 2.88. The first kappa shape index (κ1) is 25.0. The molecule has 0 aliphatic rings. The Bertz CT molecular complexity index is 1040. The minimum absolute atomic E-state index is 0.0234. The molecule has 3 rings (SSSR count). The molecule has 0 aromatic heterocycles. The van der Waals surface area contributed by atoms with Crippen LogP contribution in [-0.2, 0) is 4.79 Å². The zero-order valence-electron chi connectivity index (χ0n) is 20.3. The first-order valence-corrected chi connectivity index (χ1v) is 12.1. The molecule has 0 saturated heterocycles. The van der Waals surface area contributed by atoms with E-state index >= 15 is 0 Å². The van der Waals surface area contributed by atoms with Crippen LogP contribution < -0.4 is 10.1 Å². The molecular weight excluding hydrogens is 424 g/mol. The number of ether oxygens (including phenoxy) is 1. The van der Waals surface area contributed by atoms with E-state index in [-0.39, 0.29) is 11.8 Å². The Labute approximate surface area is 202 Å². The minimum atomic E-state index is -0.617. The maximum Gasteiger partial charge on any atom is 0.265 e. The van der Waals surface area contributed by atoms with Crippen molar-refractivity contribution in [3.05, 3.63) is 84.4 Å². The molecule has 1 unspecified atom stereocenters. The molecule has 1 atom stereocenters. The second kappa shape index (κ2) is 12.6. The molecule has 0 aliphatic carbocycles. The molecule has 0 bridgehead atoms. The Kier molecular flexibility index (Phi) is 9.27. The van der Waals surface area contributed by atoms with E-state index in [0.29, 0.717) is 23.4 Å². The highest BCUT2D eigenvalue weighted by molar-refractivity contribution is 5.97. The molecule has 3 aromatic rings. The number of nitrogens with zero attached hydrogens (tertiary/aromatic N) is 1. The van der Waals surface area contributed by atoms with Gasteiger partial charge in [-0.15, -0.1) is 0 Å². The summed E-state index contributed by atoms with van der Waals surface area (Å²) in [6.07, 6.45) is 1.76. The summed E-state index contributed by atoms with van der Waals surface area (Å²) in [5, 5.41) is 2.91. The zero-order chi connectivity index (χ0) is 24.3. The van der Waals surface area contributed by atoms with E-state index in [1.807, 2.05) is 54.3 Å². The number of amides is 2. The molecule has 0 spiro atoms. The van der Waals surface area contributed by atoms with Gasteiger partial charge in [0, 0.05) is 24.3 Å². The van der Waals surface area contributed by atoms with Gasteiger partial charge in [-0.1, -0.05) is 63.2 Å². The highest BCUT2D eigenvalue weighted by Gasteiger charge is 2.19. The first-order chi connectivity index (χ1) is 16.5. The van der Waals surface area contributed by atoms with Crippen LogP contribution in [0.2, 0.25) is 0 Å². The van der Waals surface area contributed by atoms with Crippen LogP contribution in [0.25, 0.3) is 11.1 Å². The largest absolute Gasteiger partial charge is 0.481 e. The topological polar surface area (TPSA) is 58.6 Å². The Hall–Kier alpha value is -3.60. The third-order valence-corrected chi connectivity index (χ3v) is 5.58. The van der Waals surface area contributed by atoms with E-state index in [0.717, 1.165) is 37.1 Å². The summed E-state index contributed by atoms with van der Waals surface area (Å²) >= 11 is 0. The predicted octanol–water partition coefficient (Wildman–Crippen LogP) is 6.41. The quantitative estimate of drug-likeness (QED) is 0.361. The normalized spacial score (nSPS) is 11.5. The van der Waals surface area contributed by atoms with Gasteiger partial charge in [-0.05, 0) is 66.8 Å². The van der Waals surface area contributed by atoms with Crippen molar-refractivity contribution in [2.75, 3.05) is 18.4 Å². The fraction of sp³-hybridized carbons (Fsp3) is 0.310. The minimum Gasteiger partial charge on any atom is -0.481 e. The highest BCUT2D eigenvalue weighted by Crippen LogP contribution is 2.23. The van der Waals surface area contributed by atoms with Gasteiger partial charge in [0.2, 0.25) is 0 Å². The summed E-state index contributed by atoms with van der Waals surface area (Å²) in [5.74, 6) is 0.456. The first-order valence-electron chi connectivity index (χ1n) is 12.1. The lowest BCUT2D eigenvalue weighted by atomic mass is 10.1. The number of carbonyl (C=O) groups excluding carboxylic acids is 2. The molecule has 3 aromatic carbocycles. The summed E-state index contributed by atoms with van der Waals surface area (Å²) in [7, 11) is 0. The zero-order valence-corrected chi connectivity index (χ0v) is 20.3. The van der Waals surface area contributed by atoms with Gasteiger partial charge in [0.05, 0.1) is 0 Å². The van der Waals surface area contributed by atoms with Crippen molar-refractivity contribution in [3.63, 3.8) is 0 Å². The van der Waals surface area contributed by atoms with E-state index in [1.165, 1.54) is 0 Å². The third kappa shape index (κ3) is 6.70. The van der Waals surface area contributed by atoms with Crippen LogP contribution >= 0.6 is 0 Å². The molecule has 0 saturated carbocycles. The van der Waals surface area contributed by atoms with Gasteiger partial charge in [0.25, 0.3) is 11.8 Å². The van der Waals surface area contributed by atoms with Crippen molar-refractivity contribution in [3.8, 4) is 16.9 Å². The van der Waals surface area contributed by atoms with Crippen LogP contribution in [0.3, 0.4) is 0 Å². The predicted molar refractivity (Wildman–Crippen MR) is 138 cm³/mol.